The van der Waals surface area contributed by atoms with Gasteiger partial charge >= 0.3 is 5.97 Å². The lowest BCUT2D eigenvalue weighted by atomic mass is 10.1. The summed E-state index contributed by atoms with van der Waals surface area (Å²) in [5.41, 5.74) is 0.290. The second kappa shape index (κ2) is 8.42. The highest BCUT2D eigenvalue weighted by Gasteiger charge is 2.28. The van der Waals surface area contributed by atoms with Crippen LogP contribution in [0, 0.1) is 10.1 Å². The fourth-order valence-electron chi connectivity index (χ4n) is 2.75. The molecule has 150 valence electrons. The third kappa shape index (κ3) is 4.03. The van der Waals surface area contributed by atoms with Crippen molar-refractivity contribution in [2.75, 3.05) is 20.8 Å². The number of carbonyl (C=O) groups excluding carboxylic acids is 1. The number of methoxy groups -OCH3 is 2. The number of cyclic esters (lactones) is 1. The van der Waals surface area contributed by atoms with Gasteiger partial charge in [-0.15, -0.1) is 0 Å². The molecule has 1 heterocycles. The van der Waals surface area contributed by atoms with Gasteiger partial charge in [0.25, 0.3) is 5.69 Å². The lowest BCUT2D eigenvalue weighted by Crippen LogP contribution is -2.07. The molecule has 0 unspecified atom stereocenters. The van der Waals surface area contributed by atoms with Gasteiger partial charge in [-0.1, -0.05) is 12.1 Å². The van der Waals surface area contributed by atoms with E-state index in [4.69, 9.17) is 18.9 Å². The summed E-state index contributed by atoms with van der Waals surface area (Å²) in [5.74, 6) is 0.330. The number of carbonyl (C=O) groups is 1. The van der Waals surface area contributed by atoms with Crippen molar-refractivity contribution in [3.05, 3.63) is 63.3 Å². The topological polar surface area (TPSA) is 109 Å². The number of ether oxygens (including phenoxy) is 4. The fraction of sp³-hybridized carbons (Fsp3) is 0.200. The summed E-state index contributed by atoms with van der Waals surface area (Å²) in [6.45, 7) is 2.26. The van der Waals surface area contributed by atoms with E-state index in [0.29, 0.717) is 17.9 Å². The lowest BCUT2D eigenvalue weighted by Gasteiger charge is -2.08. The number of nitro benzene ring substituents is 1. The van der Waals surface area contributed by atoms with Crippen LogP contribution in [0.3, 0.4) is 0 Å². The van der Waals surface area contributed by atoms with Crippen LogP contribution in [0.5, 0.6) is 17.2 Å². The first-order valence-electron chi connectivity index (χ1n) is 8.63. The molecule has 0 spiro atoms. The Morgan fingerprint density at radius 3 is 2.48 bits per heavy atom. The number of nitro groups is 1. The van der Waals surface area contributed by atoms with Crippen molar-refractivity contribution in [1.82, 2.24) is 0 Å². The maximum absolute atomic E-state index is 12.3. The summed E-state index contributed by atoms with van der Waals surface area (Å²) in [6.07, 6.45) is 1.28. The van der Waals surface area contributed by atoms with Gasteiger partial charge in [-0.2, -0.15) is 0 Å². The highest BCUT2D eigenvalue weighted by molar-refractivity contribution is 6.14. The lowest BCUT2D eigenvalue weighted by molar-refractivity contribution is -0.385. The number of esters is 1. The van der Waals surface area contributed by atoms with Crippen molar-refractivity contribution in [2.24, 2.45) is 4.99 Å². The molecule has 9 nitrogen and oxygen atoms in total. The molecule has 0 saturated carbocycles. The first kappa shape index (κ1) is 19.9. The van der Waals surface area contributed by atoms with Crippen LogP contribution in [0.25, 0.3) is 6.08 Å². The van der Waals surface area contributed by atoms with Crippen LogP contribution in [0.15, 0.2) is 47.1 Å². The second-order valence-electron chi connectivity index (χ2n) is 5.79. The highest BCUT2D eigenvalue weighted by atomic mass is 16.6. The van der Waals surface area contributed by atoms with Crippen molar-refractivity contribution < 1.29 is 28.7 Å². The summed E-state index contributed by atoms with van der Waals surface area (Å²) < 4.78 is 21.1. The second-order valence-corrected chi connectivity index (χ2v) is 5.79. The van der Waals surface area contributed by atoms with Gasteiger partial charge in [-0.25, -0.2) is 9.79 Å². The predicted molar refractivity (Wildman–Crippen MR) is 104 cm³/mol. The van der Waals surface area contributed by atoms with Crippen LogP contribution in [0.4, 0.5) is 5.69 Å². The number of para-hydroxylation sites is 1. The zero-order valence-corrected chi connectivity index (χ0v) is 16.0. The molecular weight excluding hydrogens is 380 g/mol. The van der Waals surface area contributed by atoms with Crippen LogP contribution in [-0.2, 0) is 9.53 Å². The van der Waals surface area contributed by atoms with Crippen LogP contribution in [-0.4, -0.2) is 37.6 Å². The third-order valence-electron chi connectivity index (χ3n) is 4.06. The van der Waals surface area contributed by atoms with Gasteiger partial charge in [-0.3, -0.25) is 10.1 Å². The van der Waals surface area contributed by atoms with Gasteiger partial charge < -0.3 is 18.9 Å². The molecule has 0 atom stereocenters. The third-order valence-corrected chi connectivity index (χ3v) is 4.06. The average Bonchev–Trinajstić information content (AvgIpc) is 3.08. The van der Waals surface area contributed by atoms with E-state index in [1.54, 1.807) is 24.3 Å². The Labute approximate surface area is 166 Å². The maximum atomic E-state index is 12.3. The van der Waals surface area contributed by atoms with Gasteiger partial charge in [0.2, 0.25) is 5.90 Å². The molecular formula is C20H18N2O7. The minimum absolute atomic E-state index is 0.0634. The molecule has 2 aromatic carbocycles. The largest absolute Gasteiger partial charge is 0.493 e. The highest BCUT2D eigenvalue weighted by Crippen LogP contribution is 2.36. The number of rotatable bonds is 7. The van der Waals surface area contributed by atoms with E-state index in [9.17, 15) is 14.9 Å². The molecule has 1 aliphatic heterocycles. The number of aliphatic imine (C=N–C) groups is 1. The first-order chi connectivity index (χ1) is 14.0. The SMILES string of the molecule is CCOc1ccccc1C1=N/C(=C/c2cc(OC)c(OC)cc2[N+](=O)[O-])C(=O)O1. The molecule has 0 aromatic heterocycles. The summed E-state index contributed by atoms with van der Waals surface area (Å²) in [4.78, 5) is 27.4. The Morgan fingerprint density at radius 1 is 1.14 bits per heavy atom. The quantitative estimate of drug-likeness (QED) is 0.304. The van der Waals surface area contributed by atoms with Crippen molar-refractivity contribution in [3.8, 4) is 17.2 Å². The van der Waals surface area contributed by atoms with Crippen LogP contribution < -0.4 is 14.2 Å². The van der Waals surface area contributed by atoms with Gasteiger partial charge in [0.15, 0.2) is 17.2 Å². The summed E-state index contributed by atoms with van der Waals surface area (Å²) in [6, 6.07) is 9.61. The Hall–Kier alpha value is -3.88. The zero-order valence-electron chi connectivity index (χ0n) is 16.0. The fourth-order valence-corrected chi connectivity index (χ4v) is 2.75. The average molecular weight is 398 g/mol. The molecule has 0 fully saturated rings. The molecule has 0 saturated heterocycles. The van der Waals surface area contributed by atoms with Crippen molar-refractivity contribution in [2.45, 2.75) is 6.92 Å². The standard InChI is InChI=1S/C20H18N2O7/c1-4-28-16-8-6-5-7-13(16)19-21-14(20(23)29-19)9-12-10-17(26-2)18(27-3)11-15(12)22(24)25/h5-11H,4H2,1-3H3/b14-9+. The monoisotopic (exact) mass is 398 g/mol. The maximum Gasteiger partial charge on any atom is 0.363 e. The molecule has 0 amide bonds. The van der Waals surface area contributed by atoms with E-state index in [0.717, 1.165) is 0 Å². The number of nitrogens with zero attached hydrogens (tertiary/aromatic N) is 2. The van der Waals surface area contributed by atoms with E-state index < -0.39 is 10.9 Å². The van der Waals surface area contributed by atoms with Gasteiger partial charge in [0.05, 0.1) is 42.9 Å². The Kier molecular flexibility index (Phi) is 5.77. The minimum Gasteiger partial charge on any atom is -0.493 e. The molecule has 9 heteroatoms. The first-order valence-corrected chi connectivity index (χ1v) is 8.63. The molecule has 0 radical (unpaired) electrons. The number of benzene rings is 2. The Bertz CT molecular complexity index is 1030. The van der Waals surface area contributed by atoms with Gasteiger partial charge in [0.1, 0.15) is 5.75 Å². The number of hydrogen-bond donors (Lipinski definition) is 0. The number of hydrogen-bond acceptors (Lipinski definition) is 8. The van der Waals surface area contributed by atoms with Crippen LogP contribution >= 0.6 is 0 Å². The molecule has 1 aliphatic rings. The zero-order chi connectivity index (χ0) is 21.0. The molecule has 0 N–H and O–H groups in total. The van der Waals surface area contributed by atoms with E-state index >= 15 is 0 Å². The predicted octanol–water partition coefficient (Wildman–Crippen LogP) is 3.36. The van der Waals surface area contributed by atoms with E-state index in [1.807, 2.05) is 6.92 Å². The summed E-state index contributed by atoms with van der Waals surface area (Å²) in [5, 5.41) is 11.5. The normalized spacial score (nSPS) is 14.4. The molecule has 29 heavy (non-hydrogen) atoms. The summed E-state index contributed by atoms with van der Waals surface area (Å²) >= 11 is 0. The van der Waals surface area contributed by atoms with Crippen molar-refractivity contribution in [3.63, 3.8) is 0 Å². The van der Waals surface area contributed by atoms with Crippen molar-refractivity contribution >= 4 is 23.6 Å². The molecule has 0 bridgehead atoms. The van der Waals surface area contributed by atoms with Gasteiger partial charge in [-0.05, 0) is 31.2 Å². The smallest absolute Gasteiger partial charge is 0.363 e. The van der Waals surface area contributed by atoms with Crippen LogP contribution in [0.2, 0.25) is 0 Å². The molecule has 2 aromatic rings. The van der Waals surface area contributed by atoms with E-state index in [-0.39, 0.29) is 34.3 Å². The van der Waals surface area contributed by atoms with E-state index in [1.165, 1.54) is 32.4 Å². The van der Waals surface area contributed by atoms with Crippen molar-refractivity contribution in [1.29, 1.82) is 0 Å². The molecule has 3 rings (SSSR count). The Morgan fingerprint density at radius 2 is 1.83 bits per heavy atom. The van der Waals surface area contributed by atoms with E-state index in [2.05, 4.69) is 4.99 Å². The summed E-state index contributed by atoms with van der Waals surface area (Å²) in [7, 11) is 2.78. The van der Waals surface area contributed by atoms with Crippen LogP contribution in [0.1, 0.15) is 18.1 Å². The minimum atomic E-state index is -0.726. The Balaban J connectivity index is 2.07. The van der Waals surface area contributed by atoms with Gasteiger partial charge in [0, 0.05) is 0 Å². The molecule has 0 aliphatic carbocycles.